The van der Waals surface area contributed by atoms with Gasteiger partial charge in [0.1, 0.15) is 11.6 Å². The van der Waals surface area contributed by atoms with Crippen LogP contribution in [0.3, 0.4) is 0 Å². The minimum Gasteiger partial charge on any atom is -0.313 e. The maximum Gasteiger partial charge on any atom is 0.335 e. The molecule has 7 nitrogen and oxygen atoms in total. The first-order valence-corrected chi connectivity index (χ1v) is 8.35. The Morgan fingerprint density at radius 2 is 1.78 bits per heavy atom. The number of carbonyl (C=O) groups is 1. The summed E-state index contributed by atoms with van der Waals surface area (Å²) in [6, 6.07) is 6.65. The average molecular weight is 400 g/mol. The van der Waals surface area contributed by atoms with E-state index >= 15 is 0 Å². The Bertz CT molecular complexity index is 908. The molecule has 146 valence electrons. The molecule has 1 aromatic carbocycles. The van der Waals surface area contributed by atoms with Crippen molar-refractivity contribution in [1.29, 1.82) is 0 Å². The zero-order valence-electron chi connectivity index (χ0n) is 14.6. The fraction of sp³-hybridized carbons (Fsp3) is 0.294. The summed E-state index contributed by atoms with van der Waals surface area (Å²) in [6.07, 6.45) is 1.20. The van der Waals surface area contributed by atoms with Crippen molar-refractivity contribution in [2.24, 2.45) is 5.41 Å². The first kappa shape index (κ1) is 22.3. The smallest absolute Gasteiger partial charge is 0.313 e. The highest BCUT2D eigenvalue weighted by atomic mass is 32.1. The molecule has 0 atom stereocenters. The van der Waals surface area contributed by atoms with Crippen LogP contribution in [0.2, 0.25) is 0 Å². The van der Waals surface area contributed by atoms with E-state index in [4.69, 9.17) is 13.6 Å². The zero-order chi connectivity index (χ0) is 20.6. The second-order valence-corrected chi connectivity index (χ2v) is 6.33. The Hall–Kier alpha value is -2.72. The van der Waals surface area contributed by atoms with Gasteiger partial charge in [-0.1, -0.05) is 32.0 Å². The standard InChI is InChI=1S/C17H18F2N2O3.O2S/c1-17(2,16(23)20-24)7-8-21-10-14(19)12(9-15(21)22)11-5-3-4-6-13(11)18;1-3-2/h3-6,9-10,24H,7-8H2,1-2H3,(H,20,23);. The van der Waals surface area contributed by atoms with Crippen molar-refractivity contribution in [3.05, 3.63) is 58.5 Å². The monoisotopic (exact) mass is 400 g/mol. The van der Waals surface area contributed by atoms with Crippen molar-refractivity contribution in [1.82, 2.24) is 10.0 Å². The van der Waals surface area contributed by atoms with E-state index in [0.29, 0.717) is 0 Å². The quantitative estimate of drug-likeness (QED) is 0.590. The fourth-order valence-electron chi connectivity index (χ4n) is 2.27. The molecule has 0 aliphatic carbocycles. The van der Waals surface area contributed by atoms with Gasteiger partial charge in [-0.05, 0) is 12.5 Å². The van der Waals surface area contributed by atoms with Crippen molar-refractivity contribution in [2.45, 2.75) is 26.8 Å². The number of rotatable bonds is 5. The Morgan fingerprint density at radius 3 is 2.33 bits per heavy atom. The number of carbonyl (C=O) groups excluding carboxylic acids is 1. The van der Waals surface area contributed by atoms with E-state index in [1.807, 2.05) is 0 Å². The molecule has 2 N–H and O–H groups in total. The molecule has 10 heteroatoms. The third-order valence-corrected chi connectivity index (χ3v) is 3.94. The lowest BCUT2D eigenvalue weighted by molar-refractivity contribution is -0.138. The van der Waals surface area contributed by atoms with Crippen LogP contribution in [0, 0.1) is 17.0 Å². The normalized spacial score (nSPS) is 10.6. The number of nitrogens with zero attached hydrogens (tertiary/aromatic N) is 1. The summed E-state index contributed by atoms with van der Waals surface area (Å²) in [7, 11) is 0. The van der Waals surface area contributed by atoms with E-state index < -0.39 is 40.1 Å². The van der Waals surface area contributed by atoms with Gasteiger partial charge in [0.2, 0.25) is 5.91 Å². The van der Waals surface area contributed by atoms with Gasteiger partial charge in [0, 0.05) is 35.3 Å². The highest BCUT2D eigenvalue weighted by Gasteiger charge is 2.27. The highest BCUT2D eigenvalue weighted by Crippen LogP contribution is 2.25. The van der Waals surface area contributed by atoms with E-state index in [2.05, 4.69) is 0 Å². The van der Waals surface area contributed by atoms with Gasteiger partial charge in [0.25, 0.3) is 5.56 Å². The molecule has 27 heavy (non-hydrogen) atoms. The summed E-state index contributed by atoms with van der Waals surface area (Å²) in [5.41, 5.74) is 0.0255. The molecule has 0 radical (unpaired) electrons. The van der Waals surface area contributed by atoms with Crippen LogP contribution >= 0.6 is 0 Å². The van der Waals surface area contributed by atoms with E-state index in [9.17, 15) is 18.4 Å². The molecule has 2 aromatic rings. The average Bonchev–Trinajstić information content (AvgIpc) is 2.62. The van der Waals surface area contributed by atoms with Crippen LogP contribution in [0.5, 0.6) is 0 Å². The van der Waals surface area contributed by atoms with Gasteiger partial charge in [-0.15, -0.1) is 0 Å². The summed E-state index contributed by atoms with van der Waals surface area (Å²) < 4.78 is 45.8. The van der Waals surface area contributed by atoms with Crippen LogP contribution in [0.4, 0.5) is 8.78 Å². The van der Waals surface area contributed by atoms with Gasteiger partial charge < -0.3 is 4.57 Å². The fourth-order valence-corrected chi connectivity index (χ4v) is 2.27. The van der Waals surface area contributed by atoms with Gasteiger partial charge in [-0.3, -0.25) is 14.8 Å². The predicted octanol–water partition coefficient (Wildman–Crippen LogP) is 2.04. The maximum absolute atomic E-state index is 14.3. The minimum absolute atomic E-state index is 0.0132. The molecule has 1 aromatic heterocycles. The van der Waals surface area contributed by atoms with Crippen LogP contribution in [0.15, 0.2) is 41.3 Å². The number of hydrogen-bond acceptors (Lipinski definition) is 5. The molecule has 0 saturated carbocycles. The first-order chi connectivity index (χ1) is 12.7. The van der Waals surface area contributed by atoms with Crippen LogP contribution in [0.1, 0.15) is 20.3 Å². The molecule has 1 amide bonds. The van der Waals surface area contributed by atoms with Gasteiger partial charge in [0.05, 0.1) is 0 Å². The van der Waals surface area contributed by atoms with Gasteiger partial charge >= 0.3 is 11.6 Å². The van der Waals surface area contributed by atoms with Crippen LogP contribution in [0.25, 0.3) is 11.1 Å². The molecule has 2 rings (SSSR count). The number of amides is 1. The number of hydroxylamine groups is 1. The lowest BCUT2D eigenvalue weighted by atomic mass is 9.88. The van der Waals surface area contributed by atoms with Crippen LogP contribution in [-0.4, -0.2) is 24.1 Å². The second-order valence-electron chi connectivity index (χ2n) is 6.19. The number of pyridine rings is 1. The summed E-state index contributed by atoms with van der Waals surface area (Å²) >= 11 is -0.750. The van der Waals surface area contributed by atoms with E-state index in [1.54, 1.807) is 25.4 Å². The Morgan fingerprint density at radius 1 is 1.19 bits per heavy atom. The molecule has 0 bridgehead atoms. The number of benzene rings is 1. The summed E-state index contributed by atoms with van der Waals surface area (Å²) in [4.78, 5) is 23.7. The lowest BCUT2D eigenvalue weighted by Gasteiger charge is -2.22. The molecule has 0 aliphatic heterocycles. The van der Waals surface area contributed by atoms with Crippen LogP contribution in [-0.2, 0) is 22.9 Å². The first-order valence-electron chi connectivity index (χ1n) is 7.69. The summed E-state index contributed by atoms with van der Waals surface area (Å²) in [6.45, 7) is 3.26. The lowest BCUT2D eigenvalue weighted by Crippen LogP contribution is -2.36. The molecule has 1 heterocycles. The Labute approximate surface area is 157 Å². The number of aryl methyl sites for hydroxylation is 1. The predicted molar refractivity (Wildman–Crippen MR) is 93.3 cm³/mol. The summed E-state index contributed by atoms with van der Waals surface area (Å²) in [5.74, 6) is -1.95. The molecule has 0 unspecified atom stereocenters. The van der Waals surface area contributed by atoms with Crippen molar-refractivity contribution < 1.29 is 27.2 Å². The third kappa shape index (κ3) is 5.90. The topological polar surface area (TPSA) is 105 Å². The largest absolute Gasteiger partial charge is 0.335 e. The maximum atomic E-state index is 14.3. The van der Waals surface area contributed by atoms with E-state index in [1.165, 1.54) is 18.2 Å². The Kier molecular flexibility index (Phi) is 8.13. The zero-order valence-corrected chi connectivity index (χ0v) is 15.4. The number of nitrogens with one attached hydrogen (secondary N) is 1. The van der Waals surface area contributed by atoms with E-state index in [0.717, 1.165) is 16.8 Å². The van der Waals surface area contributed by atoms with Crippen molar-refractivity contribution in [3.63, 3.8) is 0 Å². The summed E-state index contributed by atoms with van der Waals surface area (Å²) in [5, 5.41) is 8.69. The van der Waals surface area contributed by atoms with Crippen molar-refractivity contribution >= 4 is 17.5 Å². The SMILES string of the molecule is CC(C)(CCn1cc(F)c(-c2ccccc2F)cc1=O)C(=O)NO.O=S=O. The Balaban J connectivity index is 0.00000114. The molecular formula is C17H18F2N2O5S. The minimum atomic E-state index is -0.936. The highest BCUT2D eigenvalue weighted by molar-refractivity contribution is 7.51. The number of halogens is 2. The van der Waals surface area contributed by atoms with Gasteiger partial charge in [-0.25, -0.2) is 14.3 Å². The van der Waals surface area contributed by atoms with Gasteiger partial charge in [0.15, 0.2) is 0 Å². The van der Waals surface area contributed by atoms with Crippen molar-refractivity contribution in [3.8, 4) is 11.1 Å². The molecule has 0 spiro atoms. The molecule has 0 saturated heterocycles. The molecule has 0 aliphatic rings. The number of hydrogen-bond donors (Lipinski definition) is 2. The molecule has 0 fully saturated rings. The molecular weight excluding hydrogens is 382 g/mol. The van der Waals surface area contributed by atoms with Gasteiger partial charge in [-0.2, -0.15) is 8.42 Å². The number of aromatic nitrogens is 1. The van der Waals surface area contributed by atoms with E-state index in [-0.39, 0.29) is 24.1 Å². The van der Waals surface area contributed by atoms with Crippen LogP contribution < -0.4 is 11.0 Å². The van der Waals surface area contributed by atoms with Crippen molar-refractivity contribution in [2.75, 3.05) is 0 Å². The second kappa shape index (κ2) is 9.83. The third-order valence-electron chi connectivity index (χ3n) is 3.94.